The highest BCUT2D eigenvalue weighted by atomic mass is 16.6. The predicted molar refractivity (Wildman–Crippen MR) is 149 cm³/mol. The van der Waals surface area contributed by atoms with Gasteiger partial charge in [-0.3, -0.25) is 9.59 Å². The van der Waals surface area contributed by atoms with Crippen molar-refractivity contribution in [2.75, 3.05) is 13.1 Å². The minimum absolute atomic E-state index is 0.0915. The van der Waals surface area contributed by atoms with Gasteiger partial charge < -0.3 is 25.6 Å². The monoisotopic (exact) mass is 562 g/mol. The van der Waals surface area contributed by atoms with E-state index in [0.29, 0.717) is 0 Å². The second-order valence-electron chi connectivity index (χ2n) is 9.93. The van der Waals surface area contributed by atoms with Gasteiger partial charge in [0.2, 0.25) is 0 Å². The van der Waals surface area contributed by atoms with Gasteiger partial charge in [0.05, 0.1) is 13.1 Å². The van der Waals surface area contributed by atoms with Gasteiger partial charge in [0.25, 0.3) is 11.8 Å². The average Bonchev–Trinajstić information content (AvgIpc) is 3.53. The first kappa shape index (κ1) is 29.3. The molecule has 2 unspecified atom stereocenters. The van der Waals surface area contributed by atoms with Crippen LogP contribution in [0.1, 0.15) is 36.8 Å². The van der Waals surface area contributed by atoms with Crippen molar-refractivity contribution in [2.45, 2.75) is 51.0 Å². The third-order valence-corrected chi connectivity index (χ3v) is 6.81. The second kappa shape index (κ2) is 14.1. The summed E-state index contributed by atoms with van der Waals surface area (Å²) in [7, 11) is 0. The number of nitrogens with zero attached hydrogens (tertiary/aromatic N) is 2. The van der Waals surface area contributed by atoms with Crippen molar-refractivity contribution in [1.29, 1.82) is 0 Å². The van der Waals surface area contributed by atoms with E-state index >= 15 is 0 Å². The van der Waals surface area contributed by atoms with E-state index in [1.807, 2.05) is 60.7 Å². The topological polar surface area (TPSA) is 152 Å². The lowest BCUT2D eigenvalue weighted by molar-refractivity contribution is -0.124. The van der Waals surface area contributed by atoms with E-state index in [9.17, 15) is 19.2 Å². The Balaban J connectivity index is 0.000000201. The highest BCUT2D eigenvalue weighted by Crippen LogP contribution is 2.20. The van der Waals surface area contributed by atoms with Crippen molar-refractivity contribution < 1.29 is 33.8 Å². The van der Waals surface area contributed by atoms with Crippen molar-refractivity contribution in [3.63, 3.8) is 0 Å². The molecule has 5 rings (SSSR count). The molecule has 0 saturated heterocycles. The summed E-state index contributed by atoms with van der Waals surface area (Å²) < 4.78 is 10.2. The summed E-state index contributed by atoms with van der Waals surface area (Å²) in [6.45, 7) is 0.353. The fourth-order valence-corrected chi connectivity index (χ4v) is 4.59. The Morgan fingerprint density at radius 1 is 0.805 bits per heavy atom. The number of aliphatic hydroxyl groups excluding tert-OH is 1. The molecule has 0 bridgehead atoms. The number of ether oxygens (including phenoxy) is 2. The van der Waals surface area contributed by atoms with E-state index in [0.717, 1.165) is 58.4 Å². The molecule has 3 aliphatic rings. The average molecular weight is 563 g/mol. The zero-order valence-electron chi connectivity index (χ0n) is 22.6. The Morgan fingerprint density at radius 2 is 1.32 bits per heavy atom. The third kappa shape index (κ3) is 8.42. The quantitative estimate of drug-likeness (QED) is 0.480. The first-order valence-corrected chi connectivity index (χ1v) is 13.5. The van der Waals surface area contributed by atoms with Gasteiger partial charge in [-0.15, -0.1) is 0 Å². The minimum Gasteiger partial charge on any atom is -0.510 e. The lowest BCUT2D eigenvalue weighted by Gasteiger charge is -2.30. The number of benzene rings is 2. The van der Waals surface area contributed by atoms with Gasteiger partial charge in [-0.25, -0.2) is 19.4 Å². The molecule has 0 spiro atoms. The van der Waals surface area contributed by atoms with Gasteiger partial charge in [0.1, 0.15) is 19.0 Å². The summed E-state index contributed by atoms with van der Waals surface area (Å²) in [5.41, 5.74) is 8.58. The molecule has 11 nitrogen and oxygen atoms in total. The maximum Gasteiger partial charge on any atom is 0.417 e. The van der Waals surface area contributed by atoms with E-state index < -0.39 is 18.1 Å². The highest BCUT2D eigenvalue weighted by Gasteiger charge is 2.31. The van der Waals surface area contributed by atoms with Crippen LogP contribution in [-0.2, 0) is 32.3 Å². The molecule has 1 saturated carbocycles. The molecule has 1 fully saturated rings. The Bertz CT molecular complexity index is 1300. The predicted octanol–water partition coefficient (Wildman–Crippen LogP) is 3.52. The number of nitrogens with one attached hydrogen (secondary N) is 1. The van der Waals surface area contributed by atoms with Crippen LogP contribution in [0.25, 0.3) is 0 Å². The van der Waals surface area contributed by atoms with E-state index in [1.165, 1.54) is 6.08 Å². The number of nitrogens with two attached hydrogens (primary N) is 1. The number of hydrogen-bond acceptors (Lipinski definition) is 9. The third-order valence-electron chi connectivity index (χ3n) is 6.81. The minimum atomic E-state index is -0.751. The lowest BCUT2D eigenvalue weighted by Crippen LogP contribution is -2.47. The smallest absolute Gasteiger partial charge is 0.417 e. The summed E-state index contributed by atoms with van der Waals surface area (Å²) >= 11 is 0. The molecule has 4 N–H and O–H groups in total. The molecule has 11 heteroatoms. The van der Waals surface area contributed by atoms with Gasteiger partial charge in [-0.05, 0) is 24.0 Å². The molecule has 216 valence electrons. The summed E-state index contributed by atoms with van der Waals surface area (Å²) in [5, 5.41) is 12.4. The standard InChI is InChI=1S/C18H23N3O3.C12H11NO4/c19-15-8-4-5-9-16(15)20-14-10-17(22)21(11-14)18(23)24-12-13-6-2-1-3-7-13;14-10-6-11(15)13(7-10)12(16)17-8-9-4-2-1-3-5-9/h1-3,6-7,10,15-16,20H,4-5,8-9,11-12,19H2;1-6,14H,7-8H2. The molecule has 4 amide bonds. The molecule has 2 aromatic carbocycles. The van der Waals surface area contributed by atoms with Gasteiger partial charge in [-0.2, -0.15) is 0 Å². The number of rotatable bonds is 6. The van der Waals surface area contributed by atoms with Crippen LogP contribution in [0.2, 0.25) is 0 Å². The van der Waals surface area contributed by atoms with Crippen LogP contribution in [0, 0.1) is 0 Å². The van der Waals surface area contributed by atoms with Gasteiger partial charge in [-0.1, -0.05) is 73.5 Å². The molecule has 0 aromatic heterocycles. The van der Waals surface area contributed by atoms with Gasteiger partial charge in [0, 0.05) is 29.9 Å². The van der Waals surface area contributed by atoms with Crippen LogP contribution in [0.5, 0.6) is 0 Å². The highest BCUT2D eigenvalue weighted by molar-refractivity contribution is 6.02. The molecule has 2 aliphatic heterocycles. The van der Waals surface area contributed by atoms with Crippen LogP contribution < -0.4 is 11.1 Å². The van der Waals surface area contributed by atoms with Gasteiger partial charge in [0.15, 0.2) is 0 Å². The Kier molecular flexibility index (Phi) is 10.1. The van der Waals surface area contributed by atoms with Crippen LogP contribution in [0.3, 0.4) is 0 Å². The molecule has 2 heterocycles. The van der Waals surface area contributed by atoms with Crippen LogP contribution in [-0.4, -0.2) is 64.1 Å². The largest absolute Gasteiger partial charge is 0.510 e. The number of carbonyl (C=O) groups is 4. The summed E-state index contributed by atoms with van der Waals surface area (Å²) in [5.74, 6) is -1.04. The number of carbonyl (C=O) groups excluding carboxylic acids is 4. The molecule has 2 aromatic rings. The summed E-state index contributed by atoms with van der Waals surface area (Å²) in [4.78, 5) is 48.9. The Hall–Kier alpha value is -4.64. The lowest BCUT2D eigenvalue weighted by atomic mass is 9.91. The normalized spacial score (nSPS) is 20.0. The first-order valence-electron chi connectivity index (χ1n) is 13.5. The molecule has 2 atom stereocenters. The number of amides is 4. The number of aliphatic hydroxyl groups is 1. The maximum atomic E-state index is 12.1. The van der Waals surface area contributed by atoms with Crippen molar-refractivity contribution in [1.82, 2.24) is 15.1 Å². The Labute approximate surface area is 238 Å². The van der Waals surface area contributed by atoms with Crippen molar-refractivity contribution >= 4 is 24.0 Å². The van der Waals surface area contributed by atoms with Gasteiger partial charge >= 0.3 is 12.2 Å². The molecular weight excluding hydrogens is 528 g/mol. The zero-order valence-corrected chi connectivity index (χ0v) is 22.6. The van der Waals surface area contributed by atoms with E-state index in [1.54, 1.807) is 0 Å². The molecule has 0 radical (unpaired) electrons. The molecule has 41 heavy (non-hydrogen) atoms. The van der Waals surface area contributed by atoms with Crippen molar-refractivity contribution in [2.24, 2.45) is 5.73 Å². The van der Waals surface area contributed by atoms with Crippen LogP contribution in [0.15, 0.2) is 84.3 Å². The van der Waals surface area contributed by atoms with E-state index in [2.05, 4.69) is 5.32 Å². The van der Waals surface area contributed by atoms with Crippen LogP contribution >= 0.6 is 0 Å². The fourth-order valence-electron chi connectivity index (χ4n) is 4.59. The zero-order chi connectivity index (χ0) is 29.2. The SMILES string of the molecule is NC1CCCCC1NC1=CC(=O)N(C(=O)OCc2ccccc2)C1.O=C1C=C(O)CN1C(=O)OCc1ccccc1. The van der Waals surface area contributed by atoms with E-state index in [-0.39, 0.29) is 50.1 Å². The Morgan fingerprint density at radius 3 is 1.83 bits per heavy atom. The van der Waals surface area contributed by atoms with Crippen LogP contribution in [0.4, 0.5) is 9.59 Å². The molecular formula is C30H34N4O7. The van der Waals surface area contributed by atoms with Crippen molar-refractivity contribution in [3.8, 4) is 0 Å². The maximum absolute atomic E-state index is 12.1. The van der Waals surface area contributed by atoms with E-state index in [4.69, 9.17) is 20.3 Å². The summed E-state index contributed by atoms with van der Waals surface area (Å²) in [6.07, 6.45) is 5.36. The first-order chi connectivity index (χ1) is 19.8. The molecule has 1 aliphatic carbocycles. The number of imide groups is 2. The number of hydrogen-bond donors (Lipinski definition) is 3. The summed E-state index contributed by atoms with van der Waals surface area (Å²) in [6, 6.07) is 18.8. The van der Waals surface area contributed by atoms with Crippen molar-refractivity contribution in [3.05, 3.63) is 95.4 Å². The second-order valence-corrected chi connectivity index (χ2v) is 9.93. The fraction of sp³-hybridized carbons (Fsp3) is 0.333.